The second kappa shape index (κ2) is 9.41. The molecule has 1 aromatic rings. The van der Waals surface area contributed by atoms with Crippen LogP contribution >= 0.6 is 11.6 Å². The van der Waals surface area contributed by atoms with Crippen molar-refractivity contribution in [2.75, 3.05) is 6.54 Å². The van der Waals surface area contributed by atoms with Gasteiger partial charge in [0.2, 0.25) is 0 Å². The maximum absolute atomic E-state index is 6.32. The molecule has 4 heteroatoms. The Bertz CT molecular complexity index is 385. The Balaban J connectivity index is 2.14. The van der Waals surface area contributed by atoms with E-state index in [1.165, 1.54) is 32.1 Å². The van der Waals surface area contributed by atoms with Gasteiger partial charge in [-0.05, 0) is 25.3 Å². The lowest BCUT2D eigenvalue weighted by Gasteiger charge is -2.07. The molecule has 0 saturated heterocycles. The molecule has 0 aromatic carbocycles. The summed E-state index contributed by atoms with van der Waals surface area (Å²) in [7, 11) is 1.97. The number of hydrogen-bond donors (Lipinski definition) is 1. The monoisotopic (exact) mass is 299 g/mol. The lowest BCUT2D eigenvalue weighted by atomic mass is 10.0. The number of hydrogen-bond acceptors (Lipinski definition) is 2. The third-order valence-corrected chi connectivity index (χ3v) is 4.12. The van der Waals surface area contributed by atoms with Gasteiger partial charge < -0.3 is 5.32 Å². The molecule has 0 atom stereocenters. The van der Waals surface area contributed by atoms with Gasteiger partial charge in [-0.2, -0.15) is 5.10 Å². The third-order valence-electron chi connectivity index (χ3n) is 3.68. The Hall–Kier alpha value is -0.540. The maximum Gasteiger partial charge on any atom is 0.0863 e. The van der Waals surface area contributed by atoms with E-state index in [1.807, 2.05) is 11.7 Å². The summed E-state index contributed by atoms with van der Waals surface area (Å²) in [5, 5.41) is 8.74. The zero-order valence-corrected chi connectivity index (χ0v) is 14.3. The summed E-state index contributed by atoms with van der Waals surface area (Å²) < 4.78 is 1.90. The zero-order valence-electron chi connectivity index (χ0n) is 13.5. The molecule has 1 aromatic heterocycles. The highest BCUT2D eigenvalue weighted by Gasteiger charge is 2.11. The summed E-state index contributed by atoms with van der Waals surface area (Å²) in [6, 6.07) is 0. The smallest absolute Gasteiger partial charge is 0.0863 e. The minimum atomic E-state index is 0.814. The fourth-order valence-corrected chi connectivity index (χ4v) is 2.74. The van der Waals surface area contributed by atoms with Crippen molar-refractivity contribution in [3.8, 4) is 0 Å². The average Bonchev–Trinajstić information content (AvgIpc) is 2.68. The second-order valence-corrected chi connectivity index (χ2v) is 6.34. The van der Waals surface area contributed by atoms with Crippen LogP contribution in [0.4, 0.5) is 0 Å². The van der Waals surface area contributed by atoms with Gasteiger partial charge in [0.05, 0.1) is 16.4 Å². The summed E-state index contributed by atoms with van der Waals surface area (Å²) in [5.74, 6) is 0.841. The summed E-state index contributed by atoms with van der Waals surface area (Å²) in [4.78, 5) is 0. The largest absolute Gasteiger partial charge is 0.311 e. The minimum Gasteiger partial charge on any atom is -0.311 e. The fraction of sp³-hybridized carbons (Fsp3) is 0.812. The molecule has 3 nitrogen and oxygen atoms in total. The first-order valence-electron chi connectivity index (χ1n) is 7.97. The molecule has 0 aliphatic heterocycles. The summed E-state index contributed by atoms with van der Waals surface area (Å²) in [6.45, 7) is 8.55. The van der Waals surface area contributed by atoms with Crippen molar-refractivity contribution in [1.82, 2.24) is 15.1 Å². The number of aryl methyl sites for hydroxylation is 2. The van der Waals surface area contributed by atoms with Crippen LogP contribution in [-0.2, 0) is 20.0 Å². The fourth-order valence-electron chi connectivity index (χ4n) is 2.37. The molecule has 1 heterocycles. The maximum atomic E-state index is 6.32. The molecule has 0 unspecified atom stereocenters. The van der Waals surface area contributed by atoms with Gasteiger partial charge in [-0.15, -0.1) is 0 Å². The predicted octanol–water partition coefficient (Wildman–Crippen LogP) is 4.33. The van der Waals surface area contributed by atoms with E-state index in [2.05, 4.69) is 31.2 Å². The molecule has 0 fully saturated rings. The molecule has 0 amide bonds. The lowest BCUT2D eigenvalue weighted by molar-refractivity contribution is 0.510. The topological polar surface area (TPSA) is 29.9 Å². The van der Waals surface area contributed by atoms with Gasteiger partial charge in [-0.1, -0.05) is 58.1 Å². The molecule has 0 saturated carbocycles. The highest BCUT2D eigenvalue weighted by Crippen LogP contribution is 2.20. The van der Waals surface area contributed by atoms with E-state index in [0.29, 0.717) is 0 Å². The highest BCUT2D eigenvalue weighted by atomic mass is 35.5. The lowest BCUT2D eigenvalue weighted by Crippen LogP contribution is -2.17. The van der Waals surface area contributed by atoms with Crippen LogP contribution in [0.2, 0.25) is 5.02 Å². The van der Waals surface area contributed by atoms with Crippen LogP contribution in [-0.4, -0.2) is 16.3 Å². The van der Waals surface area contributed by atoms with Gasteiger partial charge in [0, 0.05) is 13.6 Å². The van der Waals surface area contributed by atoms with Gasteiger partial charge in [0.15, 0.2) is 0 Å². The number of nitrogens with one attached hydrogen (secondary N) is 1. The summed E-state index contributed by atoms with van der Waals surface area (Å²) >= 11 is 6.32. The Morgan fingerprint density at radius 1 is 1.20 bits per heavy atom. The molecule has 0 spiro atoms. The minimum absolute atomic E-state index is 0.814. The number of unbranched alkanes of at least 4 members (excludes halogenated alkanes) is 3. The molecule has 0 bridgehead atoms. The number of halogens is 1. The van der Waals surface area contributed by atoms with Crippen LogP contribution in [0, 0.1) is 5.92 Å². The quantitative estimate of drug-likeness (QED) is 0.652. The van der Waals surface area contributed by atoms with E-state index in [1.54, 1.807) is 0 Å². The van der Waals surface area contributed by atoms with E-state index >= 15 is 0 Å². The van der Waals surface area contributed by atoms with Gasteiger partial charge >= 0.3 is 0 Å². The number of aromatic nitrogens is 2. The van der Waals surface area contributed by atoms with Crippen molar-refractivity contribution < 1.29 is 0 Å². The van der Waals surface area contributed by atoms with Gasteiger partial charge in [-0.25, -0.2) is 0 Å². The van der Waals surface area contributed by atoms with Gasteiger partial charge in [0.1, 0.15) is 0 Å². The molecule has 20 heavy (non-hydrogen) atoms. The molecule has 116 valence electrons. The first-order chi connectivity index (χ1) is 9.56. The van der Waals surface area contributed by atoms with Gasteiger partial charge in [0.25, 0.3) is 0 Å². The predicted molar refractivity (Wildman–Crippen MR) is 87.2 cm³/mol. The average molecular weight is 300 g/mol. The molecule has 0 aliphatic carbocycles. The van der Waals surface area contributed by atoms with Crippen LogP contribution in [0.5, 0.6) is 0 Å². The number of rotatable bonds is 10. The molecule has 0 radical (unpaired) electrons. The van der Waals surface area contributed by atoms with Crippen molar-refractivity contribution >= 4 is 11.6 Å². The molecular weight excluding hydrogens is 270 g/mol. The van der Waals surface area contributed by atoms with Crippen molar-refractivity contribution in [1.29, 1.82) is 0 Å². The summed E-state index contributed by atoms with van der Waals surface area (Å²) in [6.07, 6.45) is 7.53. The summed E-state index contributed by atoms with van der Waals surface area (Å²) in [5.41, 5.74) is 2.10. The Kier molecular flexibility index (Phi) is 8.24. The van der Waals surface area contributed by atoms with Crippen molar-refractivity contribution in [3.05, 3.63) is 16.4 Å². The van der Waals surface area contributed by atoms with Crippen molar-refractivity contribution in [2.24, 2.45) is 13.0 Å². The normalized spacial score (nSPS) is 11.5. The SMILES string of the molecule is CCc1nn(C)c(CNCCCCCCC(C)C)c1Cl. The van der Waals surface area contributed by atoms with Crippen LogP contribution in [0.3, 0.4) is 0 Å². The van der Waals surface area contributed by atoms with Crippen LogP contribution in [0.1, 0.15) is 64.3 Å². The first-order valence-corrected chi connectivity index (χ1v) is 8.35. The third kappa shape index (κ3) is 5.84. The van der Waals surface area contributed by atoms with Crippen LogP contribution in [0.15, 0.2) is 0 Å². The Morgan fingerprint density at radius 3 is 2.50 bits per heavy atom. The van der Waals surface area contributed by atoms with Crippen molar-refractivity contribution in [2.45, 2.75) is 65.8 Å². The van der Waals surface area contributed by atoms with Crippen LogP contribution in [0.25, 0.3) is 0 Å². The first kappa shape index (κ1) is 17.5. The van der Waals surface area contributed by atoms with Crippen LogP contribution < -0.4 is 5.32 Å². The molecule has 0 aliphatic rings. The second-order valence-electron chi connectivity index (χ2n) is 5.96. The van der Waals surface area contributed by atoms with Gasteiger partial charge in [-0.3, -0.25) is 4.68 Å². The van der Waals surface area contributed by atoms with E-state index in [-0.39, 0.29) is 0 Å². The molecule has 1 rings (SSSR count). The Labute approximate surface area is 129 Å². The highest BCUT2D eigenvalue weighted by molar-refractivity contribution is 6.31. The number of nitrogens with zero attached hydrogens (tertiary/aromatic N) is 2. The Morgan fingerprint density at radius 2 is 1.90 bits per heavy atom. The van der Waals surface area contributed by atoms with E-state index in [4.69, 9.17) is 11.6 Å². The van der Waals surface area contributed by atoms with E-state index in [9.17, 15) is 0 Å². The zero-order chi connectivity index (χ0) is 15.0. The van der Waals surface area contributed by atoms with E-state index < -0.39 is 0 Å². The molecule has 1 N–H and O–H groups in total. The van der Waals surface area contributed by atoms with Crippen molar-refractivity contribution in [3.63, 3.8) is 0 Å². The van der Waals surface area contributed by atoms with E-state index in [0.717, 1.165) is 41.8 Å². The molecular formula is C16H30ClN3. The standard InChI is InChI=1S/C16H30ClN3/c1-5-14-16(17)15(20(4)19-14)12-18-11-9-7-6-8-10-13(2)3/h13,18H,5-12H2,1-4H3.